The number of aromatic nitrogens is 3. The van der Waals surface area contributed by atoms with Gasteiger partial charge in [-0.3, -0.25) is 4.79 Å². The molecule has 3 N–H and O–H groups in total. The molecular formula is C27H36N6O3. The summed E-state index contributed by atoms with van der Waals surface area (Å²) >= 11 is 0. The summed E-state index contributed by atoms with van der Waals surface area (Å²) in [7, 11) is 4.92. The maximum absolute atomic E-state index is 12.0. The van der Waals surface area contributed by atoms with Crippen LogP contribution in [0.15, 0.2) is 48.9 Å². The second-order valence-corrected chi connectivity index (χ2v) is 8.90. The van der Waals surface area contributed by atoms with Crippen LogP contribution < -0.4 is 20.7 Å². The molecule has 0 radical (unpaired) electrons. The number of rotatable bonds is 12. The highest BCUT2D eigenvalue weighted by molar-refractivity contribution is 5.94. The molecule has 1 aromatic carbocycles. The first-order valence-corrected chi connectivity index (χ1v) is 12.0. The molecular weight excluding hydrogens is 456 g/mol. The summed E-state index contributed by atoms with van der Waals surface area (Å²) in [4.78, 5) is 25.3. The molecule has 0 bridgehead atoms. The van der Waals surface area contributed by atoms with Gasteiger partial charge in [0.15, 0.2) is 0 Å². The summed E-state index contributed by atoms with van der Waals surface area (Å²) in [5.74, 6) is 2.57. The molecule has 1 amide bonds. The first-order valence-electron chi connectivity index (χ1n) is 12.0. The summed E-state index contributed by atoms with van der Waals surface area (Å²) in [6.45, 7) is 7.68. The molecule has 36 heavy (non-hydrogen) atoms. The summed E-state index contributed by atoms with van der Waals surface area (Å²) in [6, 6.07) is 11.6. The third kappa shape index (κ3) is 6.91. The number of nitrogens with zero attached hydrogens (tertiary/aromatic N) is 3. The van der Waals surface area contributed by atoms with Crippen molar-refractivity contribution in [3.8, 4) is 17.0 Å². The van der Waals surface area contributed by atoms with Gasteiger partial charge in [0, 0.05) is 50.1 Å². The number of carbonyl (C=O) groups excluding carboxylic acids is 1. The lowest BCUT2D eigenvalue weighted by Crippen LogP contribution is -2.21. The van der Waals surface area contributed by atoms with Crippen LogP contribution in [0.3, 0.4) is 0 Å². The Morgan fingerprint density at radius 2 is 1.81 bits per heavy atom. The fourth-order valence-electron chi connectivity index (χ4n) is 3.91. The fourth-order valence-corrected chi connectivity index (χ4v) is 3.91. The third-order valence-corrected chi connectivity index (χ3v) is 6.21. The standard InChI is InChI=1S/C27H36N6O3/c1-17(19(3)22-9-7-20(27(34)28-4)11-24(22)36-6)13-29-26-12-23(31-16-32-26)21-8-10-25(30-14-21)33-18(2)15-35-5/h7-12,14,16-19H,13,15H2,1-6H3,(H,28,34)(H,30,33)(H,29,31,32)/t17?,18?,19-/m1/s1. The van der Waals surface area contributed by atoms with E-state index in [9.17, 15) is 4.79 Å². The molecule has 0 saturated heterocycles. The van der Waals surface area contributed by atoms with Gasteiger partial charge in [0.05, 0.1) is 19.4 Å². The molecule has 2 unspecified atom stereocenters. The number of nitrogens with one attached hydrogen (secondary N) is 3. The van der Waals surface area contributed by atoms with Crippen LogP contribution in [0.2, 0.25) is 0 Å². The molecule has 0 fully saturated rings. The van der Waals surface area contributed by atoms with Crippen LogP contribution in [0, 0.1) is 5.92 Å². The molecule has 3 aromatic rings. The Morgan fingerprint density at radius 3 is 2.47 bits per heavy atom. The number of hydrogen-bond acceptors (Lipinski definition) is 8. The minimum absolute atomic E-state index is 0.136. The van der Waals surface area contributed by atoms with Crippen molar-refractivity contribution in [2.75, 3.05) is 45.1 Å². The summed E-state index contributed by atoms with van der Waals surface area (Å²) < 4.78 is 10.7. The first-order chi connectivity index (χ1) is 17.4. The number of hydrogen-bond donors (Lipinski definition) is 3. The molecule has 0 saturated carbocycles. The molecule has 3 rings (SSSR count). The van der Waals surface area contributed by atoms with Crippen molar-refractivity contribution < 1.29 is 14.3 Å². The van der Waals surface area contributed by atoms with E-state index < -0.39 is 0 Å². The lowest BCUT2D eigenvalue weighted by Gasteiger charge is -2.23. The maximum Gasteiger partial charge on any atom is 0.251 e. The highest BCUT2D eigenvalue weighted by atomic mass is 16.5. The number of methoxy groups -OCH3 is 2. The highest BCUT2D eigenvalue weighted by Gasteiger charge is 2.20. The van der Waals surface area contributed by atoms with E-state index in [0.29, 0.717) is 24.5 Å². The van der Waals surface area contributed by atoms with Gasteiger partial charge in [-0.1, -0.05) is 19.9 Å². The van der Waals surface area contributed by atoms with E-state index in [2.05, 4.69) is 44.7 Å². The van der Waals surface area contributed by atoms with Gasteiger partial charge < -0.3 is 25.4 Å². The minimum atomic E-state index is -0.136. The van der Waals surface area contributed by atoms with Gasteiger partial charge in [-0.05, 0) is 48.6 Å². The molecule has 0 aliphatic rings. The topological polar surface area (TPSA) is 110 Å². The van der Waals surface area contributed by atoms with Gasteiger partial charge in [-0.25, -0.2) is 15.0 Å². The lowest BCUT2D eigenvalue weighted by atomic mass is 9.87. The first kappa shape index (κ1) is 26.9. The zero-order chi connectivity index (χ0) is 26.1. The number of ether oxygens (including phenoxy) is 2. The van der Waals surface area contributed by atoms with Crippen LogP contribution >= 0.6 is 0 Å². The summed E-state index contributed by atoms with van der Waals surface area (Å²) in [5.41, 5.74) is 3.34. The van der Waals surface area contributed by atoms with Crippen LogP contribution in [0.4, 0.5) is 11.6 Å². The second kappa shape index (κ2) is 12.8. The lowest BCUT2D eigenvalue weighted by molar-refractivity contribution is 0.0962. The summed E-state index contributed by atoms with van der Waals surface area (Å²) in [6.07, 6.45) is 3.35. The van der Waals surface area contributed by atoms with E-state index in [4.69, 9.17) is 9.47 Å². The van der Waals surface area contributed by atoms with Crippen molar-refractivity contribution in [2.24, 2.45) is 5.92 Å². The largest absolute Gasteiger partial charge is 0.496 e. The predicted octanol–water partition coefficient (Wildman–Crippen LogP) is 4.21. The van der Waals surface area contributed by atoms with Gasteiger partial charge >= 0.3 is 0 Å². The van der Waals surface area contributed by atoms with Crippen LogP contribution in [0.25, 0.3) is 11.3 Å². The van der Waals surface area contributed by atoms with Gasteiger partial charge in [-0.2, -0.15) is 0 Å². The van der Waals surface area contributed by atoms with E-state index in [1.165, 1.54) is 0 Å². The summed E-state index contributed by atoms with van der Waals surface area (Å²) in [5, 5.41) is 9.37. The predicted molar refractivity (Wildman–Crippen MR) is 143 cm³/mol. The van der Waals surface area contributed by atoms with Crippen molar-refractivity contribution in [1.29, 1.82) is 0 Å². The molecule has 9 nitrogen and oxygen atoms in total. The zero-order valence-corrected chi connectivity index (χ0v) is 21.8. The zero-order valence-electron chi connectivity index (χ0n) is 21.8. The Hall–Kier alpha value is -3.72. The molecule has 3 atom stereocenters. The number of carbonyl (C=O) groups is 1. The molecule has 192 valence electrons. The van der Waals surface area contributed by atoms with Crippen molar-refractivity contribution in [2.45, 2.75) is 32.7 Å². The van der Waals surface area contributed by atoms with Crippen LogP contribution in [-0.4, -0.2) is 61.3 Å². The van der Waals surface area contributed by atoms with E-state index in [1.807, 2.05) is 37.3 Å². The molecule has 2 heterocycles. The molecule has 0 spiro atoms. The molecule has 9 heteroatoms. The molecule has 2 aromatic heterocycles. The Kier molecular flexibility index (Phi) is 9.58. The van der Waals surface area contributed by atoms with E-state index >= 15 is 0 Å². The Labute approximate surface area is 213 Å². The number of benzene rings is 1. The smallest absolute Gasteiger partial charge is 0.251 e. The maximum atomic E-state index is 12.0. The van der Waals surface area contributed by atoms with E-state index in [-0.39, 0.29) is 23.8 Å². The van der Waals surface area contributed by atoms with Crippen LogP contribution in [0.5, 0.6) is 5.75 Å². The fraction of sp³-hybridized carbons (Fsp3) is 0.407. The van der Waals surface area contributed by atoms with Crippen molar-refractivity contribution >= 4 is 17.5 Å². The Balaban J connectivity index is 1.64. The number of anilines is 2. The van der Waals surface area contributed by atoms with Gasteiger partial charge in [-0.15, -0.1) is 0 Å². The average Bonchev–Trinajstić information content (AvgIpc) is 2.91. The second-order valence-electron chi connectivity index (χ2n) is 8.90. The van der Waals surface area contributed by atoms with Gasteiger partial charge in [0.1, 0.15) is 23.7 Å². The average molecular weight is 493 g/mol. The quantitative estimate of drug-likeness (QED) is 0.345. The van der Waals surface area contributed by atoms with E-state index in [0.717, 1.165) is 28.5 Å². The Morgan fingerprint density at radius 1 is 1.00 bits per heavy atom. The van der Waals surface area contributed by atoms with Crippen LogP contribution in [-0.2, 0) is 4.74 Å². The SMILES string of the molecule is CNC(=O)c1ccc([C@H](C)C(C)CNc2cc(-c3ccc(NC(C)COC)nc3)ncn2)c(OC)c1. The van der Waals surface area contributed by atoms with Crippen molar-refractivity contribution in [1.82, 2.24) is 20.3 Å². The van der Waals surface area contributed by atoms with Gasteiger partial charge in [0.2, 0.25) is 0 Å². The number of amides is 1. The van der Waals surface area contributed by atoms with Crippen molar-refractivity contribution in [3.63, 3.8) is 0 Å². The van der Waals surface area contributed by atoms with Gasteiger partial charge in [0.25, 0.3) is 5.91 Å². The third-order valence-electron chi connectivity index (χ3n) is 6.21. The monoisotopic (exact) mass is 492 g/mol. The van der Waals surface area contributed by atoms with E-state index in [1.54, 1.807) is 39.9 Å². The van der Waals surface area contributed by atoms with Crippen molar-refractivity contribution in [3.05, 3.63) is 60.0 Å². The highest BCUT2D eigenvalue weighted by Crippen LogP contribution is 2.33. The number of pyridine rings is 1. The minimum Gasteiger partial charge on any atom is -0.496 e. The normalized spacial score (nSPS) is 13.4. The molecule has 0 aliphatic heterocycles. The van der Waals surface area contributed by atoms with Crippen LogP contribution in [0.1, 0.15) is 42.6 Å². The Bertz CT molecular complexity index is 1140. The molecule has 0 aliphatic carbocycles.